The van der Waals surface area contributed by atoms with Crippen LogP contribution in [0.15, 0.2) is 24.4 Å². The van der Waals surface area contributed by atoms with Crippen LogP contribution in [0.25, 0.3) is 22.0 Å². The molecule has 1 aliphatic rings. The van der Waals surface area contributed by atoms with Crippen LogP contribution in [0.4, 0.5) is 5.82 Å². The van der Waals surface area contributed by atoms with Gasteiger partial charge < -0.3 is 14.4 Å². The number of nitrogens with zero attached hydrogens (tertiary/aromatic N) is 4. The zero-order valence-electron chi connectivity index (χ0n) is 18.4. The third-order valence-corrected chi connectivity index (χ3v) is 6.39. The standard InChI is InChI=1S/C24H25ClN4O2/c1-14-8-17-16(11-27-14)9-18(28-23(17)29-7-6-24(3,12-26)13-29)21-15(2)19(30-4)10-20(31-5)22(21)25/h8-11H,6-7,13H2,1-5H3. The number of benzene rings is 1. The maximum Gasteiger partial charge on any atom is 0.141 e. The van der Waals surface area contributed by atoms with E-state index in [9.17, 15) is 5.26 Å². The highest BCUT2D eigenvalue weighted by Crippen LogP contribution is 2.44. The fraction of sp³-hybridized carbons (Fsp3) is 0.375. The Morgan fingerprint density at radius 1 is 1.16 bits per heavy atom. The number of fused-ring (bicyclic) bond motifs is 1. The molecule has 0 amide bonds. The summed E-state index contributed by atoms with van der Waals surface area (Å²) in [6, 6.07) is 8.29. The SMILES string of the molecule is COc1cc(OC)c(Cl)c(-c2cc3cnc(C)cc3c(N3CCC(C)(C#N)C3)n2)c1C. The van der Waals surface area contributed by atoms with Gasteiger partial charge in [-0.3, -0.25) is 4.98 Å². The van der Waals surface area contributed by atoms with Crippen LogP contribution in [-0.4, -0.2) is 37.3 Å². The number of pyridine rings is 2. The van der Waals surface area contributed by atoms with E-state index >= 15 is 0 Å². The van der Waals surface area contributed by atoms with Gasteiger partial charge >= 0.3 is 0 Å². The summed E-state index contributed by atoms with van der Waals surface area (Å²) < 4.78 is 11.0. The van der Waals surface area contributed by atoms with E-state index in [4.69, 9.17) is 26.1 Å². The smallest absolute Gasteiger partial charge is 0.141 e. The highest BCUT2D eigenvalue weighted by molar-refractivity contribution is 6.35. The summed E-state index contributed by atoms with van der Waals surface area (Å²) in [7, 11) is 3.21. The minimum atomic E-state index is -0.390. The predicted molar refractivity (Wildman–Crippen MR) is 123 cm³/mol. The van der Waals surface area contributed by atoms with Gasteiger partial charge in [0.2, 0.25) is 0 Å². The van der Waals surface area contributed by atoms with Crippen molar-refractivity contribution in [3.05, 3.63) is 40.7 Å². The highest BCUT2D eigenvalue weighted by Gasteiger charge is 2.35. The first-order valence-electron chi connectivity index (χ1n) is 10.2. The zero-order valence-corrected chi connectivity index (χ0v) is 19.2. The summed E-state index contributed by atoms with van der Waals surface area (Å²) in [5, 5.41) is 12.1. The molecule has 1 unspecified atom stereocenters. The van der Waals surface area contributed by atoms with Crippen LogP contribution in [0, 0.1) is 30.6 Å². The van der Waals surface area contributed by atoms with Crippen LogP contribution in [0.3, 0.4) is 0 Å². The molecule has 1 fully saturated rings. The van der Waals surface area contributed by atoms with Crippen LogP contribution in [0.5, 0.6) is 11.5 Å². The van der Waals surface area contributed by atoms with Crippen LogP contribution in [0.2, 0.25) is 5.02 Å². The van der Waals surface area contributed by atoms with E-state index in [0.29, 0.717) is 23.1 Å². The minimum absolute atomic E-state index is 0.390. The van der Waals surface area contributed by atoms with Gasteiger partial charge in [0.25, 0.3) is 0 Å². The van der Waals surface area contributed by atoms with E-state index < -0.39 is 5.41 Å². The second-order valence-electron chi connectivity index (χ2n) is 8.32. The molecule has 0 saturated carbocycles. The molecule has 4 rings (SSSR count). The van der Waals surface area contributed by atoms with Crippen molar-refractivity contribution < 1.29 is 9.47 Å². The Labute approximate surface area is 187 Å². The molecular formula is C24H25ClN4O2. The molecule has 0 N–H and O–H groups in total. The summed E-state index contributed by atoms with van der Waals surface area (Å²) in [5.74, 6) is 2.05. The number of ether oxygens (including phenoxy) is 2. The van der Waals surface area contributed by atoms with Crippen molar-refractivity contribution in [2.75, 3.05) is 32.2 Å². The topological polar surface area (TPSA) is 71.3 Å². The Kier molecular flexibility index (Phi) is 5.40. The largest absolute Gasteiger partial charge is 0.496 e. The molecular weight excluding hydrogens is 412 g/mol. The van der Waals surface area contributed by atoms with Crippen molar-refractivity contribution in [3.63, 3.8) is 0 Å². The molecule has 0 radical (unpaired) electrons. The Balaban J connectivity index is 1.98. The monoisotopic (exact) mass is 436 g/mol. The molecule has 0 aliphatic carbocycles. The lowest BCUT2D eigenvalue weighted by molar-refractivity contribution is 0.393. The number of halogens is 1. The molecule has 0 bridgehead atoms. The highest BCUT2D eigenvalue weighted by atomic mass is 35.5. The third-order valence-electron chi connectivity index (χ3n) is 6.01. The molecule has 7 heteroatoms. The molecule has 1 saturated heterocycles. The number of hydrogen-bond acceptors (Lipinski definition) is 6. The lowest BCUT2D eigenvalue weighted by Crippen LogP contribution is -2.24. The Morgan fingerprint density at radius 3 is 2.55 bits per heavy atom. The lowest BCUT2D eigenvalue weighted by Gasteiger charge is -2.23. The number of rotatable bonds is 4. The van der Waals surface area contributed by atoms with E-state index in [1.807, 2.05) is 39.1 Å². The Bertz CT molecular complexity index is 1190. The minimum Gasteiger partial charge on any atom is -0.496 e. The maximum atomic E-state index is 9.62. The lowest BCUT2D eigenvalue weighted by atomic mass is 9.92. The molecule has 0 spiro atoms. The molecule has 3 heterocycles. The summed E-state index contributed by atoms with van der Waals surface area (Å²) in [4.78, 5) is 11.7. The summed E-state index contributed by atoms with van der Waals surface area (Å²) in [6.07, 6.45) is 2.66. The summed E-state index contributed by atoms with van der Waals surface area (Å²) in [6.45, 7) is 7.32. The van der Waals surface area contributed by atoms with Crippen LogP contribution in [0.1, 0.15) is 24.6 Å². The second kappa shape index (κ2) is 7.90. The van der Waals surface area contributed by atoms with Gasteiger partial charge in [0.1, 0.15) is 17.3 Å². The number of aryl methyl sites for hydroxylation is 1. The first kappa shape index (κ1) is 21.2. The Hall–Kier alpha value is -3.04. The van der Waals surface area contributed by atoms with Crippen molar-refractivity contribution >= 4 is 28.2 Å². The number of aromatic nitrogens is 2. The Morgan fingerprint density at radius 2 is 1.90 bits per heavy atom. The van der Waals surface area contributed by atoms with Gasteiger partial charge in [0, 0.05) is 52.9 Å². The molecule has 3 aromatic rings. The number of hydrogen-bond donors (Lipinski definition) is 0. The number of nitriles is 1. The predicted octanol–water partition coefficient (Wildman–Crippen LogP) is 5.32. The van der Waals surface area contributed by atoms with Gasteiger partial charge in [-0.2, -0.15) is 5.26 Å². The second-order valence-corrected chi connectivity index (χ2v) is 8.69. The van der Waals surface area contributed by atoms with Gasteiger partial charge in [-0.15, -0.1) is 0 Å². The first-order valence-corrected chi connectivity index (χ1v) is 10.5. The van der Waals surface area contributed by atoms with Gasteiger partial charge in [0.05, 0.1) is 36.4 Å². The fourth-order valence-corrected chi connectivity index (χ4v) is 4.57. The van der Waals surface area contributed by atoms with Gasteiger partial charge in [-0.25, -0.2) is 4.98 Å². The van der Waals surface area contributed by atoms with Crippen LogP contribution >= 0.6 is 11.6 Å². The molecule has 2 aromatic heterocycles. The van der Waals surface area contributed by atoms with Crippen molar-refractivity contribution in [2.45, 2.75) is 27.2 Å². The first-order chi connectivity index (χ1) is 14.8. The van der Waals surface area contributed by atoms with Crippen molar-refractivity contribution in [2.24, 2.45) is 5.41 Å². The zero-order chi connectivity index (χ0) is 22.3. The molecule has 6 nitrogen and oxygen atoms in total. The average molecular weight is 437 g/mol. The molecule has 1 aromatic carbocycles. The third kappa shape index (κ3) is 3.64. The number of anilines is 1. The molecule has 1 aliphatic heterocycles. The van der Waals surface area contributed by atoms with Crippen molar-refractivity contribution in [3.8, 4) is 28.8 Å². The van der Waals surface area contributed by atoms with E-state index in [0.717, 1.165) is 52.1 Å². The van der Waals surface area contributed by atoms with Gasteiger partial charge in [0.15, 0.2) is 0 Å². The van der Waals surface area contributed by atoms with Crippen molar-refractivity contribution in [1.29, 1.82) is 5.26 Å². The molecule has 1 atom stereocenters. The maximum absolute atomic E-state index is 9.62. The fourth-order valence-electron chi connectivity index (χ4n) is 4.20. The summed E-state index contributed by atoms with van der Waals surface area (Å²) in [5.41, 5.74) is 2.90. The normalized spacial score (nSPS) is 18.3. The van der Waals surface area contributed by atoms with Crippen molar-refractivity contribution in [1.82, 2.24) is 9.97 Å². The molecule has 160 valence electrons. The van der Waals surface area contributed by atoms with Gasteiger partial charge in [-0.1, -0.05) is 11.6 Å². The van der Waals surface area contributed by atoms with Crippen LogP contribution < -0.4 is 14.4 Å². The average Bonchev–Trinajstić information content (AvgIpc) is 3.16. The van der Waals surface area contributed by atoms with E-state index in [1.165, 1.54) is 0 Å². The summed E-state index contributed by atoms with van der Waals surface area (Å²) >= 11 is 6.74. The van der Waals surface area contributed by atoms with E-state index in [1.54, 1.807) is 20.3 Å². The number of methoxy groups -OCH3 is 2. The van der Waals surface area contributed by atoms with Gasteiger partial charge in [-0.05, 0) is 39.3 Å². The molecule has 31 heavy (non-hydrogen) atoms. The van der Waals surface area contributed by atoms with E-state index in [-0.39, 0.29) is 0 Å². The van der Waals surface area contributed by atoms with Crippen LogP contribution in [-0.2, 0) is 0 Å². The van der Waals surface area contributed by atoms with E-state index in [2.05, 4.69) is 16.0 Å². The quantitative estimate of drug-likeness (QED) is 0.550.